The Kier molecular flexibility index (Phi) is 5.69. The SMILES string of the molecule is CC1=C(C(=O)Nc2cc(C)on2)C(c2cccc([N+](=O)[O-])c2)NC(=S)N1c1ccccc1. The van der Waals surface area contributed by atoms with E-state index in [9.17, 15) is 14.9 Å². The number of non-ortho nitro benzene ring substituents is 1. The molecule has 1 atom stereocenters. The summed E-state index contributed by atoms with van der Waals surface area (Å²) in [6, 6.07) is 16.4. The van der Waals surface area contributed by atoms with E-state index in [0.717, 1.165) is 5.69 Å². The van der Waals surface area contributed by atoms with Crippen molar-refractivity contribution < 1.29 is 14.2 Å². The third kappa shape index (κ3) is 4.08. The summed E-state index contributed by atoms with van der Waals surface area (Å²) in [5.74, 6) is 0.392. The van der Waals surface area contributed by atoms with E-state index in [4.69, 9.17) is 16.7 Å². The highest BCUT2D eigenvalue weighted by atomic mass is 32.1. The van der Waals surface area contributed by atoms with Crippen molar-refractivity contribution in [1.29, 1.82) is 0 Å². The number of nitro groups is 1. The number of rotatable bonds is 5. The lowest BCUT2D eigenvalue weighted by molar-refractivity contribution is -0.384. The molecular weight excluding hydrogens is 430 g/mol. The molecule has 0 saturated carbocycles. The number of para-hydroxylation sites is 1. The number of amides is 1. The summed E-state index contributed by atoms with van der Waals surface area (Å²) in [5, 5.41) is 21.4. The zero-order valence-electron chi connectivity index (χ0n) is 17.2. The number of carbonyl (C=O) groups is 1. The Hall–Kier alpha value is -4.05. The Morgan fingerprint density at radius 1 is 1.19 bits per heavy atom. The molecule has 0 bridgehead atoms. The Morgan fingerprint density at radius 2 is 1.94 bits per heavy atom. The molecule has 9 nitrogen and oxygen atoms in total. The second-order valence-electron chi connectivity index (χ2n) is 7.18. The molecule has 0 radical (unpaired) electrons. The van der Waals surface area contributed by atoms with Crippen LogP contribution in [0, 0.1) is 17.0 Å². The van der Waals surface area contributed by atoms with Gasteiger partial charge in [0.15, 0.2) is 10.9 Å². The van der Waals surface area contributed by atoms with Gasteiger partial charge in [-0.05, 0) is 43.8 Å². The number of aromatic nitrogens is 1. The average Bonchev–Trinajstić information content (AvgIpc) is 3.18. The van der Waals surface area contributed by atoms with Crippen molar-refractivity contribution in [3.05, 3.63) is 93.4 Å². The Morgan fingerprint density at radius 3 is 2.59 bits per heavy atom. The van der Waals surface area contributed by atoms with Gasteiger partial charge >= 0.3 is 0 Å². The molecule has 0 fully saturated rings. The van der Waals surface area contributed by atoms with Gasteiger partial charge in [-0.3, -0.25) is 19.8 Å². The number of aryl methyl sites for hydroxylation is 1. The Bertz CT molecular complexity index is 1240. The molecule has 1 aliphatic heterocycles. The zero-order valence-corrected chi connectivity index (χ0v) is 18.1. The molecule has 1 aromatic heterocycles. The predicted octanol–water partition coefficient (Wildman–Crippen LogP) is 4.24. The lowest BCUT2D eigenvalue weighted by atomic mass is 9.93. The molecule has 1 aliphatic rings. The second-order valence-corrected chi connectivity index (χ2v) is 7.57. The maximum Gasteiger partial charge on any atom is 0.269 e. The zero-order chi connectivity index (χ0) is 22.8. The number of anilines is 2. The molecule has 2 N–H and O–H groups in total. The number of carbonyl (C=O) groups excluding carboxylic acids is 1. The van der Waals surface area contributed by atoms with Gasteiger partial charge in [0.2, 0.25) is 0 Å². The van der Waals surface area contributed by atoms with E-state index in [-0.39, 0.29) is 11.5 Å². The first-order valence-corrected chi connectivity index (χ1v) is 10.1. The standard InChI is InChI=1S/C22H19N5O4S/c1-13-11-18(25-31-13)23-21(28)19-14(2)26(16-8-4-3-5-9-16)22(32)24-20(19)15-7-6-10-17(12-15)27(29)30/h3-12,20H,1-2H3,(H,24,32)(H,23,25,28). The van der Waals surface area contributed by atoms with Crippen LogP contribution < -0.4 is 15.5 Å². The summed E-state index contributed by atoms with van der Waals surface area (Å²) in [7, 11) is 0. The fraction of sp³-hybridized carbons (Fsp3) is 0.136. The van der Waals surface area contributed by atoms with Crippen molar-refractivity contribution in [3.63, 3.8) is 0 Å². The van der Waals surface area contributed by atoms with Crippen molar-refractivity contribution in [2.75, 3.05) is 10.2 Å². The predicted molar refractivity (Wildman–Crippen MR) is 123 cm³/mol. The smallest absolute Gasteiger partial charge is 0.269 e. The third-order valence-electron chi connectivity index (χ3n) is 5.03. The number of hydrogen-bond acceptors (Lipinski definition) is 6. The molecule has 4 rings (SSSR count). The molecular formula is C22H19N5O4S. The maximum absolute atomic E-state index is 13.4. The molecule has 3 aromatic rings. The van der Waals surface area contributed by atoms with E-state index in [1.165, 1.54) is 12.1 Å². The minimum atomic E-state index is -0.699. The maximum atomic E-state index is 13.4. The van der Waals surface area contributed by atoms with Gasteiger partial charge in [-0.25, -0.2) is 0 Å². The van der Waals surface area contributed by atoms with Crippen LogP contribution in [-0.2, 0) is 4.79 Å². The first-order valence-electron chi connectivity index (χ1n) is 9.70. The van der Waals surface area contributed by atoms with Gasteiger partial charge in [0.05, 0.1) is 16.5 Å². The summed E-state index contributed by atoms with van der Waals surface area (Å²) in [4.78, 5) is 26.0. The molecule has 2 heterocycles. The fourth-order valence-electron chi connectivity index (χ4n) is 3.60. The van der Waals surface area contributed by atoms with Crippen LogP contribution in [0.3, 0.4) is 0 Å². The molecule has 32 heavy (non-hydrogen) atoms. The normalized spacial score (nSPS) is 16.0. The quantitative estimate of drug-likeness (QED) is 0.338. The summed E-state index contributed by atoms with van der Waals surface area (Å²) in [5.41, 5.74) is 2.18. The number of thiocarbonyl (C=S) groups is 1. The largest absolute Gasteiger partial charge is 0.360 e. The second kappa shape index (κ2) is 8.60. The monoisotopic (exact) mass is 449 g/mol. The lowest BCUT2D eigenvalue weighted by Gasteiger charge is -2.37. The van der Waals surface area contributed by atoms with E-state index < -0.39 is 16.9 Å². The molecule has 1 amide bonds. The lowest BCUT2D eigenvalue weighted by Crippen LogP contribution is -2.48. The van der Waals surface area contributed by atoms with Gasteiger partial charge in [0.25, 0.3) is 11.6 Å². The van der Waals surface area contributed by atoms with Crippen LogP contribution >= 0.6 is 12.2 Å². The van der Waals surface area contributed by atoms with Gasteiger partial charge in [0.1, 0.15) is 5.76 Å². The topological polar surface area (TPSA) is 114 Å². The van der Waals surface area contributed by atoms with Crippen LogP contribution in [0.5, 0.6) is 0 Å². The molecule has 0 aliphatic carbocycles. The van der Waals surface area contributed by atoms with Gasteiger partial charge in [-0.1, -0.05) is 35.5 Å². The number of nitrogens with one attached hydrogen (secondary N) is 2. The highest BCUT2D eigenvalue weighted by molar-refractivity contribution is 7.80. The molecule has 0 saturated heterocycles. The van der Waals surface area contributed by atoms with Crippen LogP contribution in [0.25, 0.3) is 0 Å². The van der Waals surface area contributed by atoms with E-state index in [2.05, 4.69) is 15.8 Å². The third-order valence-corrected chi connectivity index (χ3v) is 5.33. The number of allylic oxidation sites excluding steroid dienone is 1. The summed E-state index contributed by atoms with van der Waals surface area (Å²) in [6.45, 7) is 3.50. The van der Waals surface area contributed by atoms with Crippen molar-refractivity contribution in [2.24, 2.45) is 0 Å². The van der Waals surface area contributed by atoms with Crippen LogP contribution in [-0.4, -0.2) is 21.1 Å². The summed E-state index contributed by atoms with van der Waals surface area (Å²) < 4.78 is 5.04. The molecule has 2 aromatic carbocycles. The van der Waals surface area contributed by atoms with Crippen LogP contribution in [0.15, 0.2) is 76.5 Å². The van der Waals surface area contributed by atoms with E-state index in [0.29, 0.717) is 27.7 Å². The fourth-order valence-corrected chi connectivity index (χ4v) is 3.96. The first kappa shape index (κ1) is 21.2. The van der Waals surface area contributed by atoms with Crippen molar-refractivity contribution in [3.8, 4) is 0 Å². The van der Waals surface area contributed by atoms with Gasteiger partial charge in [-0.15, -0.1) is 0 Å². The summed E-state index contributed by atoms with van der Waals surface area (Å²) >= 11 is 5.61. The van der Waals surface area contributed by atoms with E-state index in [1.807, 2.05) is 30.3 Å². The Labute approximate surface area is 188 Å². The highest BCUT2D eigenvalue weighted by Gasteiger charge is 2.35. The molecule has 162 valence electrons. The minimum absolute atomic E-state index is 0.0785. The highest BCUT2D eigenvalue weighted by Crippen LogP contribution is 2.35. The summed E-state index contributed by atoms with van der Waals surface area (Å²) in [6.07, 6.45) is 0. The van der Waals surface area contributed by atoms with Crippen LogP contribution in [0.4, 0.5) is 17.2 Å². The van der Waals surface area contributed by atoms with E-state index in [1.54, 1.807) is 36.9 Å². The number of benzene rings is 2. The average molecular weight is 449 g/mol. The van der Waals surface area contributed by atoms with Crippen molar-refractivity contribution in [1.82, 2.24) is 10.5 Å². The number of nitro benzene ring substituents is 1. The molecule has 0 spiro atoms. The van der Waals surface area contributed by atoms with Gasteiger partial charge in [0, 0.05) is 29.6 Å². The van der Waals surface area contributed by atoms with Crippen molar-refractivity contribution >= 4 is 40.4 Å². The van der Waals surface area contributed by atoms with Gasteiger partial charge < -0.3 is 15.2 Å². The number of hydrogen-bond donors (Lipinski definition) is 2. The molecule has 1 unspecified atom stereocenters. The van der Waals surface area contributed by atoms with Crippen LogP contribution in [0.1, 0.15) is 24.3 Å². The first-order chi connectivity index (χ1) is 15.3. The minimum Gasteiger partial charge on any atom is -0.360 e. The van der Waals surface area contributed by atoms with Gasteiger partial charge in [-0.2, -0.15) is 0 Å². The molecule has 10 heteroatoms. The van der Waals surface area contributed by atoms with Crippen LogP contribution in [0.2, 0.25) is 0 Å². The number of nitrogens with zero attached hydrogens (tertiary/aromatic N) is 3. The van der Waals surface area contributed by atoms with Crippen molar-refractivity contribution in [2.45, 2.75) is 19.9 Å². The van der Waals surface area contributed by atoms with E-state index >= 15 is 0 Å². The Balaban J connectivity index is 1.82.